The predicted octanol–water partition coefficient (Wildman–Crippen LogP) is 11.7. The summed E-state index contributed by atoms with van der Waals surface area (Å²) < 4.78 is 26.3. The quantitative estimate of drug-likeness (QED) is 0.201. The molecule has 2 heterocycles. The van der Waals surface area contributed by atoms with Gasteiger partial charge in [-0.3, -0.25) is 4.79 Å². The highest BCUT2D eigenvalue weighted by molar-refractivity contribution is 6.74. The molecular weight excluding hydrogens is 653 g/mol. The summed E-state index contributed by atoms with van der Waals surface area (Å²) in [6.45, 7) is 38.5. The molecule has 0 bridgehead atoms. The van der Waals surface area contributed by atoms with Gasteiger partial charge in [0.05, 0.1) is 17.8 Å². The second kappa shape index (κ2) is 13.8. The number of Topliss-reactive ketones (excluding diaryl/α,β-unsaturated/α-hetero) is 1. The Balaban J connectivity index is 0.000000194. The van der Waals surface area contributed by atoms with E-state index in [0.717, 1.165) is 13.0 Å². The molecule has 0 aromatic heterocycles. The maximum Gasteiger partial charge on any atom is 0.192 e. The minimum atomic E-state index is -1.75. The zero-order valence-electron chi connectivity index (χ0n) is 35.1. The van der Waals surface area contributed by atoms with Gasteiger partial charge in [-0.05, 0) is 148 Å². The Hall–Kier alpha value is -0.316. The first kappa shape index (κ1) is 40.9. The molecule has 0 aromatic carbocycles. The maximum atomic E-state index is 11.9. The van der Waals surface area contributed by atoms with Crippen LogP contribution in [0.15, 0.2) is 12.2 Å². The van der Waals surface area contributed by atoms with E-state index in [0.29, 0.717) is 54.3 Å². The highest BCUT2D eigenvalue weighted by Crippen LogP contribution is 2.63. The molecule has 2 aliphatic heterocycles. The fourth-order valence-corrected chi connectivity index (χ4v) is 14.5. The van der Waals surface area contributed by atoms with E-state index in [2.05, 4.69) is 102 Å². The average molecular weight is 731 g/mol. The molecule has 50 heavy (non-hydrogen) atoms. The summed E-state index contributed by atoms with van der Waals surface area (Å²) in [6.07, 6.45) is 15.1. The van der Waals surface area contributed by atoms with Gasteiger partial charge < -0.3 is 18.3 Å². The van der Waals surface area contributed by atoms with Gasteiger partial charge in [0.1, 0.15) is 6.61 Å². The Morgan fingerprint density at radius 2 is 1.04 bits per heavy atom. The van der Waals surface area contributed by atoms with Gasteiger partial charge in [0.2, 0.25) is 0 Å². The van der Waals surface area contributed by atoms with Gasteiger partial charge in [0.25, 0.3) is 0 Å². The molecule has 2 saturated heterocycles. The van der Waals surface area contributed by atoms with Crippen molar-refractivity contribution in [3.63, 3.8) is 0 Å². The van der Waals surface area contributed by atoms with Crippen LogP contribution in [0.2, 0.25) is 36.3 Å². The molecule has 4 saturated carbocycles. The van der Waals surface area contributed by atoms with E-state index in [1.54, 1.807) is 0 Å². The van der Waals surface area contributed by atoms with Crippen LogP contribution in [0.1, 0.15) is 146 Å². The van der Waals surface area contributed by atoms with E-state index in [-0.39, 0.29) is 32.5 Å². The van der Waals surface area contributed by atoms with Crippen molar-refractivity contribution in [3.8, 4) is 0 Å². The molecule has 0 radical (unpaired) electrons. The molecule has 288 valence electrons. The van der Waals surface area contributed by atoms with Gasteiger partial charge >= 0.3 is 0 Å². The Morgan fingerprint density at radius 1 is 0.640 bits per heavy atom. The SMILES string of the molecule is C=C1CO[C@](C)([C@H]2CC[C@H]3[C@@H](O[Si](C)(C)C(C)(C)C)CCC[C@@]32C)C1.CC(C)(C)[Si](C)(C)O[C@H]1CCC[C@@]2(C)[C@H]1CC[C@@H]2[C@]1(C)CC(=O)CO1. The van der Waals surface area contributed by atoms with Crippen LogP contribution in [0.5, 0.6) is 0 Å². The summed E-state index contributed by atoms with van der Waals surface area (Å²) in [5, 5.41) is 0.545. The second-order valence-electron chi connectivity index (χ2n) is 21.9. The van der Waals surface area contributed by atoms with Crippen molar-refractivity contribution in [1.29, 1.82) is 0 Å². The van der Waals surface area contributed by atoms with Gasteiger partial charge in [-0.15, -0.1) is 0 Å². The van der Waals surface area contributed by atoms with E-state index in [9.17, 15) is 4.79 Å². The van der Waals surface area contributed by atoms with E-state index in [1.807, 2.05) is 0 Å². The van der Waals surface area contributed by atoms with Gasteiger partial charge in [-0.25, -0.2) is 0 Å². The lowest BCUT2D eigenvalue weighted by Crippen LogP contribution is -2.52. The summed E-state index contributed by atoms with van der Waals surface area (Å²) in [5.74, 6) is 2.74. The summed E-state index contributed by atoms with van der Waals surface area (Å²) >= 11 is 0. The molecule has 6 aliphatic rings. The zero-order valence-corrected chi connectivity index (χ0v) is 37.1. The normalized spacial score (nSPS) is 42.7. The van der Waals surface area contributed by atoms with Crippen LogP contribution in [-0.4, -0.2) is 59.0 Å². The average Bonchev–Trinajstić information content (AvgIpc) is 3.71. The summed E-state index contributed by atoms with van der Waals surface area (Å²) in [7, 11) is -3.47. The minimum Gasteiger partial charge on any atom is -0.414 e. The number of hydrogen-bond donors (Lipinski definition) is 0. The lowest BCUT2D eigenvalue weighted by molar-refractivity contribution is -0.118. The van der Waals surface area contributed by atoms with Crippen LogP contribution in [0.3, 0.4) is 0 Å². The van der Waals surface area contributed by atoms with Crippen LogP contribution < -0.4 is 0 Å². The van der Waals surface area contributed by atoms with Crippen LogP contribution in [0.25, 0.3) is 0 Å². The van der Waals surface area contributed by atoms with Crippen LogP contribution in [0.4, 0.5) is 0 Å². The fraction of sp³-hybridized carbons (Fsp3) is 0.930. The van der Waals surface area contributed by atoms with Crippen molar-refractivity contribution in [1.82, 2.24) is 0 Å². The highest BCUT2D eigenvalue weighted by atomic mass is 28.4. The zero-order chi connectivity index (χ0) is 37.3. The fourth-order valence-electron chi connectivity index (χ4n) is 11.7. The minimum absolute atomic E-state index is 0.000549. The molecule has 0 spiro atoms. The molecule has 7 heteroatoms. The number of ether oxygens (including phenoxy) is 2. The summed E-state index contributed by atoms with van der Waals surface area (Å²) in [6, 6.07) is 0. The Bertz CT molecular complexity index is 1170. The van der Waals surface area contributed by atoms with Crippen LogP contribution in [0, 0.1) is 34.5 Å². The first-order valence-electron chi connectivity index (χ1n) is 20.6. The van der Waals surface area contributed by atoms with Crippen molar-refractivity contribution in [3.05, 3.63) is 12.2 Å². The smallest absolute Gasteiger partial charge is 0.192 e. The highest BCUT2D eigenvalue weighted by Gasteiger charge is 2.61. The molecule has 0 unspecified atom stereocenters. The number of rotatable bonds is 6. The van der Waals surface area contributed by atoms with E-state index < -0.39 is 16.6 Å². The first-order chi connectivity index (χ1) is 22.8. The van der Waals surface area contributed by atoms with Crippen LogP contribution >= 0.6 is 0 Å². The first-order valence-corrected chi connectivity index (χ1v) is 26.4. The van der Waals surface area contributed by atoms with E-state index >= 15 is 0 Å². The molecule has 10 atom stereocenters. The standard InChI is InChI=1S/C22H40O2Si.C21H38O3Si/c1-16-14-22(6,23-15-16)19-12-11-17-18(10-9-13-21(17,19)5)24-25(7,8)20(2,3)4;1-19(2,3)25(6,7)24-17-9-8-12-20(4)16(17)10-11-18(20)21(5)13-15(22)14-23-21/h17-19H,1,9-15H2,2-8H3;16-18H,8-14H2,1-7H3/t17-,18-,19-,21-,22-;16-,17-,18-,20-,21-/m00/s1. The third kappa shape index (κ3) is 7.50. The van der Waals surface area contributed by atoms with Crippen molar-refractivity contribution >= 4 is 22.4 Å². The molecule has 0 aromatic rings. The lowest BCUT2D eigenvalue weighted by atomic mass is 9.60. The van der Waals surface area contributed by atoms with Crippen molar-refractivity contribution in [2.24, 2.45) is 34.5 Å². The molecule has 6 fully saturated rings. The number of fused-ring (bicyclic) bond motifs is 2. The molecule has 4 aliphatic carbocycles. The number of carbonyl (C=O) groups excluding carboxylic acids is 1. The third-order valence-corrected chi connectivity index (χ3v) is 25.4. The van der Waals surface area contributed by atoms with Crippen LogP contribution in [-0.2, 0) is 23.1 Å². The van der Waals surface area contributed by atoms with Crippen molar-refractivity contribution < 1.29 is 23.1 Å². The number of hydrogen-bond acceptors (Lipinski definition) is 5. The summed E-state index contributed by atoms with van der Waals surface area (Å²) in [4.78, 5) is 11.9. The number of carbonyl (C=O) groups is 1. The van der Waals surface area contributed by atoms with Gasteiger partial charge in [-0.2, -0.15) is 0 Å². The Morgan fingerprint density at radius 3 is 1.38 bits per heavy atom. The third-order valence-electron chi connectivity index (χ3n) is 16.4. The van der Waals surface area contributed by atoms with E-state index in [4.69, 9.17) is 18.3 Å². The molecular formula is C43H78O5Si2. The monoisotopic (exact) mass is 731 g/mol. The predicted molar refractivity (Wildman–Crippen MR) is 213 cm³/mol. The topological polar surface area (TPSA) is 54.0 Å². The van der Waals surface area contributed by atoms with Gasteiger partial charge in [-0.1, -0.05) is 74.8 Å². The number of ketones is 1. The van der Waals surface area contributed by atoms with Gasteiger partial charge in [0, 0.05) is 18.6 Å². The van der Waals surface area contributed by atoms with Gasteiger partial charge in [0.15, 0.2) is 22.4 Å². The Labute approximate surface area is 310 Å². The molecule has 0 amide bonds. The lowest BCUT2D eigenvalue weighted by Gasteiger charge is -2.51. The largest absolute Gasteiger partial charge is 0.414 e. The maximum absolute atomic E-state index is 11.9. The van der Waals surface area contributed by atoms with Crippen molar-refractivity contribution in [2.45, 2.75) is 206 Å². The summed E-state index contributed by atoms with van der Waals surface area (Å²) in [5.41, 5.74) is 1.65. The Kier molecular flexibility index (Phi) is 11.2. The van der Waals surface area contributed by atoms with E-state index in [1.165, 1.54) is 69.8 Å². The molecule has 0 N–H and O–H groups in total. The second-order valence-corrected chi connectivity index (χ2v) is 31.5. The molecule has 6 rings (SSSR count). The van der Waals surface area contributed by atoms with Crippen molar-refractivity contribution in [2.75, 3.05) is 13.2 Å². The molecule has 5 nitrogen and oxygen atoms in total.